The van der Waals surface area contributed by atoms with Gasteiger partial charge in [0, 0.05) is 22.5 Å². The van der Waals surface area contributed by atoms with Gasteiger partial charge in [-0.25, -0.2) is 18.1 Å². The van der Waals surface area contributed by atoms with Crippen molar-refractivity contribution in [3.05, 3.63) is 32.4 Å². The summed E-state index contributed by atoms with van der Waals surface area (Å²) in [5, 5.41) is 5.82. The molecule has 116 valence electrons. The first-order valence-electron chi connectivity index (χ1n) is 6.71. The van der Waals surface area contributed by atoms with Crippen LogP contribution in [0.15, 0.2) is 22.5 Å². The lowest BCUT2D eigenvalue weighted by Crippen LogP contribution is -2.24. The molecule has 0 spiro atoms. The quantitative estimate of drug-likeness (QED) is 0.721. The van der Waals surface area contributed by atoms with Crippen molar-refractivity contribution in [2.75, 3.05) is 6.54 Å². The van der Waals surface area contributed by atoms with E-state index in [9.17, 15) is 8.42 Å². The van der Waals surface area contributed by atoms with Gasteiger partial charge in [0.15, 0.2) is 0 Å². The van der Waals surface area contributed by atoms with Gasteiger partial charge in [0.2, 0.25) is 10.0 Å². The van der Waals surface area contributed by atoms with Gasteiger partial charge in [0.25, 0.3) is 0 Å². The molecule has 2 rings (SSSR count). The minimum atomic E-state index is -3.49. The van der Waals surface area contributed by atoms with Crippen LogP contribution in [0.3, 0.4) is 0 Å². The van der Waals surface area contributed by atoms with Crippen molar-refractivity contribution in [3.8, 4) is 0 Å². The normalized spacial score (nSPS) is 11.9. The third kappa shape index (κ3) is 4.58. The molecule has 2 aromatic heterocycles. The van der Waals surface area contributed by atoms with Gasteiger partial charge >= 0.3 is 0 Å². The Bertz CT molecular complexity index is 676. The molecule has 2 heterocycles. The lowest BCUT2D eigenvalue weighted by Gasteiger charge is -2.07. The molecule has 5 nitrogen and oxygen atoms in total. The predicted molar refractivity (Wildman–Crippen MR) is 87.2 cm³/mol. The summed E-state index contributed by atoms with van der Waals surface area (Å²) in [4.78, 5) is 6.44. The van der Waals surface area contributed by atoms with Crippen LogP contribution >= 0.6 is 22.7 Å². The Morgan fingerprint density at radius 3 is 2.81 bits per heavy atom. The lowest BCUT2D eigenvalue weighted by atomic mass is 10.4. The van der Waals surface area contributed by atoms with Crippen molar-refractivity contribution < 1.29 is 8.42 Å². The molecular weight excluding hydrogens is 326 g/mol. The van der Waals surface area contributed by atoms with Gasteiger partial charge in [0.1, 0.15) is 5.01 Å². The van der Waals surface area contributed by atoms with Crippen LogP contribution in [0.25, 0.3) is 0 Å². The van der Waals surface area contributed by atoms with E-state index >= 15 is 0 Å². The van der Waals surface area contributed by atoms with Crippen LogP contribution in [0.1, 0.15) is 28.1 Å². The molecule has 21 heavy (non-hydrogen) atoms. The topological polar surface area (TPSA) is 71.1 Å². The average molecular weight is 346 g/mol. The number of thiophene rings is 1. The maximum atomic E-state index is 12.4. The molecule has 0 saturated carbocycles. The highest BCUT2D eigenvalue weighted by atomic mass is 32.2. The fourth-order valence-electron chi connectivity index (χ4n) is 1.79. The Morgan fingerprint density at radius 2 is 2.14 bits per heavy atom. The largest absolute Gasteiger partial charge is 0.312 e. The second kappa shape index (κ2) is 7.46. The molecule has 0 radical (unpaired) electrons. The van der Waals surface area contributed by atoms with E-state index in [1.807, 2.05) is 12.3 Å². The first-order chi connectivity index (χ1) is 10.0. The molecule has 0 amide bonds. The van der Waals surface area contributed by atoms with Gasteiger partial charge in [-0.05, 0) is 31.3 Å². The van der Waals surface area contributed by atoms with Gasteiger partial charge in [-0.1, -0.05) is 6.92 Å². The van der Waals surface area contributed by atoms with Crippen LogP contribution in [-0.4, -0.2) is 19.9 Å². The zero-order chi connectivity index (χ0) is 15.3. The molecule has 0 unspecified atom stereocenters. The number of hydrogen-bond acceptors (Lipinski definition) is 6. The second-order valence-electron chi connectivity index (χ2n) is 4.57. The van der Waals surface area contributed by atoms with E-state index in [1.54, 1.807) is 12.3 Å². The Labute approximate surface area is 133 Å². The number of aryl methyl sites for hydroxylation is 1. The van der Waals surface area contributed by atoms with E-state index in [0.29, 0.717) is 11.4 Å². The summed E-state index contributed by atoms with van der Waals surface area (Å²) < 4.78 is 27.4. The zero-order valence-electron chi connectivity index (χ0n) is 12.0. The maximum Gasteiger partial charge on any atom is 0.242 e. The van der Waals surface area contributed by atoms with Gasteiger partial charge in [-0.15, -0.1) is 22.7 Å². The van der Waals surface area contributed by atoms with Crippen LogP contribution in [0, 0.1) is 6.92 Å². The SMILES string of the molecule is CCCNCc1sccc1S(=O)(=O)NCc1ncc(C)s1. The van der Waals surface area contributed by atoms with Crippen LogP contribution < -0.4 is 10.0 Å². The van der Waals surface area contributed by atoms with Crippen molar-refractivity contribution in [1.29, 1.82) is 0 Å². The fraction of sp³-hybridized carbons (Fsp3) is 0.462. The Morgan fingerprint density at radius 1 is 1.33 bits per heavy atom. The fourth-order valence-corrected chi connectivity index (χ4v) is 5.01. The van der Waals surface area contributed by atoms with Crippen molar-refractivity contribution in [2.24, 2.45) is 0 Å². The molecule has 2 aromatic rings. The number of nitrogens with one attached hydrogen (secondary N) is 2. The van der Waals surface area contributed by atoms with E-state index in [4.69, 9.17) is 0 Å². The number of rotatable bonds is 8. The van der Waals surface area contributed by atoms with E-state index in [1.165, 1.54) is 22.7 Å². The molecule has 2 N–H and O–H groups in total. The van der Waals surface area contributed by atoms with E-state index in [-0.39, 0.29) is 6.54 Å². The van der Waals surface area contributed by atoms with Gasteiger partial charge in [-0.2, -0.15) is 0 Å². The molecule has 8 heteroatoms. The Kier molecular flexibility index (Phi) is 5.88. The van der Waals surface area contributed by atoms with E-state index in [2.05, 4.69) is 21.9 Å². The third-order valence-electron chi connectivity index (χ3n) is 2.79. The number of sulfonamides is 1. The molecule has 0 fully saturated rings. The molecular formula is C13H19N3O2S3. The smallest absolute Gasteiger partial charge is 0.242 e. The molecule has 0 aliphatic carbocycles. The van der Waals surface area contributed by atoms with Crippen LogP contribution in [-0.2, 0) is 23.1 Å². The molecule has 0 aromatic carbocycles. The summed E-state index contributed by atoms with van der Waals surface area (Å²) in [6, 6.07) is 1.66. The van der Waals surface area contributed by atoms with Crippen molar-refractivity contribution >= 4 is 32.7 Å². The molecule has 0 aliphatic heterocycles. The van der Waals surface area contributed by atoms with Crippen molar-refractivity contribution in [2.45, 2.75) is 38.3 Å². The summed E-state index contributed by atoms with van der Waals surface area (Å²) in [6.07, 6.45) is 2.77. The summed E-state index contributed by atoms with van der Waals surface area (Å²) >= 11 is 2.96. The van der Waals surface area contributed by atoms with E-state index in [0.717, 1.165) is 27.7 Å². The summed E-state index contributed by atoms with van der Waals surface area (Å²) in [5.41, 5.74) is 0. The van der Waals surface area contributed by atoms with Gasteiger partial charge in [0.05, 0.1) is 11.4 Å². The van der Waals surface area contributed by atoms with Crippen LogP contribution in [0.4, 0.5) is 0 Å². The minimum Gasteiger partial charge on any atom is -0.312 e. The maximum absolute atomic E-state index is 12.4. The first kappa shape index (κ1) is 16.6. The van der Waals surface area contributed by atoms with Crippen molar-refractivity contribution in [3.63, 3.8) is 0 Å². The Hall–Kier alpha value is -0.800. The zero-order valence-corrected chi connectivity index (χ0v) is 14.5. The second-order valence-corrected chi connectivity index (χ2v) is 8.63. The molecule has 0 aliphatic rings. The summed E-state index contributed by atoms with van der Waals surface area (Å²) in [7, 11) is -3.49. The van der Waals surface area contributed by atoms with Crippen LogP contribution in [0.5, 0.6) is 0 Å². The van der Waals surface area contributed by atoms with Gasteiger partial charge < -0.3 is 5.32 Å². The minimum absolute atomic E-state index is 0.235. The predicted octanol–water partition coefficient (Wildman–Crippen LogP) is 2.49. The monoisotopic (exact) mass is 345 g/mol. The highest BCUT2D eigenvalue weighted by Crippen LogP contribution is 2.22. The van der Waals surface area contributed by atoms with Crippen molar-refractivity contribution in [1.82, 2.24) is 15.0 Å². The number of nitrogens with zero attached hydrogens (tertiary/aromatic N) is 1. The summed E-state index contributed by atoms with van der Waals surface area (Å²) in [5.74, 6) is 0. The highest BCUT2D eigenvalue weighted by molar-refractivity contribution is 7.89. The standard InChI is InChI=1S/C13H19N3O2S3/c1-3-5-14-8-11-12(4-6-19-11)21(17,18)16-9-13-15-7-10(2)20-13/h4,6-7,14,16H,3,5,8-9H2,1-2H3. The van der Waals surface area contributed by atoms with Gasteiger partial charge in [-0.3, -0.25) is 0 Å². The first-order valence-corrected chi connectivity index (χ1v) is 9.89. The molecule has 0 atom stereocenters. The third-order valence-corrected chi connectivity index (χ3v) is 6.24. The molecule has 0 saturated heterocycles. The molecule has 0 bridgehead atoms. The lowest BCUT2D eigenvalue weighted by molar-refractivity contribution is 0.579. The van der Waals surface area contributed by atoms with Crippen LogP contribution in [0.2, 0.25) is 0 Å². The average Bonchev–Trinajstić information content (AvgIpc) is 3.06. The number of thiazole rings is 1. The van der Waals surface area contributed by atoms with E-state index < -0.39 is 10.0 Å². The summed E-state index contributed by atoms with van der Waals surface area (Å²) in [6.45, 7) is 5.72. The number of aromatic nitrogens is 1. The number of hydrogen-bond donors (Lipinski definition) is 2. The Balaban J connectivity index is 2.03. The highest BCUT2D eigenvalue weighted by Gasteiger charge is 2.19.